The molecule has 0 saturated heterocycles. The van der Waals surface area contributed by atoms with Gasteiger partial charge >= 0.3 is 0 Å². The first-order valence-electron chi connectivity index (χ1n) is 7.26. The number of nitrogens with one attached hydrogen (secondary N) is 1. The summed E-state index contributed by atoms with van der Waals surface area (Å²) >= 11 is 0. The molecule has 1 N–H and O–H groups in total. The minimum atomic E-state index is -0.158. The van der Waals surface area contributed by atoms with Crippen molar-refractivity contribution in [1.29, 1.82) is 5.26 Å². The van der Waals surface area contributed by atoms with Crippen molar-refractivity contribution >= 4 is 17.4 Å². The minimum Gasteiger partial charge on any atom is -0.347 e. The molecule has 23 heavy (non-hydrogen) atoms. The molecule has 0 saturated carbocycles. The number of carbonyl (C=O) groups excluding carboxylic acids is 1. The van der Waals surface area contributed by atoms with Crippen molar-refractivity contribution < 1.29 is 4.79 Å². The van der Waals surface area contributed by atoms with Gasteiger partial charge in [0, 0.05) is 30.8 Å². The van der Waals surface area contributed by atoms with Gasteiger partial charge in [-0.2, -0.15) is 5.26 Å². The van der Waals surface area contributed by atoms with E-state index < -0.39 is 0 Å². The number of carbonyl (C=O) groups is 1. The fourth-order valence-electron chi connectivity index (χ4n) is 2.07. The smallest absolute Gasteiger partial charge is 0.243 e. The lowest BCUT2D eigenvalue weighted by molar-refractivity contribution is -0.115. The van der Waals surface area contributed by atoms with Crippen LogP contribution in [0.5, 0.6) is 0 Å². The van der Waals surface area contributed by atoms with Crippen LogP contribution in [0.1, 0.15) is 19.7 Å². The van der Waals surface area contributed by atoms with Gasteiger partial charge in [-0.1, -0.05) is 13.8 Å². The zero-order valence-electron chi connectivity index (χ0n) is 13.1. The standard InChI is InChI=1S/C16H18N6O/c1-12(2)10-22(15-5-8-19-14(9-17)21-15)11-16(23)20-13-3-6-18-7-4-13/h3-8,12H,10-11H2,1-2H3,(H,18,20,23). The molecule has 0 aliphatic rings. The van der Waals surface area contributed by atoms with Crippen LogP contribution in [-0.4, -0.2) is 33.9 Å². The lowest BCUT2D eigenvalue weighted by Gasteiger charge is -2.24. The van der Waals surface area contributed by atoms with E-state index >= 15 is 0 Å². The van der Waals surface area contributed by atoms with Gasteiger partial charge in [-0.25, -0.2) is 9.97 Å². The number of pyridine rings is 1. The van der Waals surface area contributed by atoms with E-state index in [1.165, 1.54) is 6.20 Å². The van der Waals surface area contributed by atoms with Crippen molar-refractivity contribution in [2.45, 2.75) is 13.8 Å². The first kappa shape index (κ1) is 16.4. The number of aromatic nitrogens is 3. The largest absolute Gasteiger partial charge is 0.347 e. The number of nitriles is 1. The zero-order valence-corrected chi connectivity index (χ0v) is 13.1. The van der Waals surface area contributed by atoms with Crippen LogP contribution in [0, 0.1) is 17.2 Å². The summed E-state index contributed by atoms with van der Waals surface area (Å²) in [4.78, 5) is 26.0. The van der Waals surface area contributed by atoms with E-state index in [2.05, 4.69) is 34.1 Å². The van der Waals surface area contributed by atoms with Crippen LogP contribution in [-0.2, 0) is 4.79 Å². The van der Waals surface area contributed by atoms with Gasteiger partial charge in [0.15, 0.2) is 0 Å². The van der Waals surface area contributed by atoms with Crippen molar-refractivity contribution in [3.05, 3.63) is 42.6 Å². The van der Waals surface area contributed by atoms with Crippen molar-refractivity contribution in [2.75, 3.05) is 23.3 Å². The van der Waals surface area contributed by atoms with Crippen molar-refractivity contribution in [2.24, 2.45) is 5.92 Å². The lowest BCUT2D eigenvalue weighted by atomic mass is 10.2. The first-order chi connectivity index (χ1) is 11.1. The molecular formula is C16H18N6O. The Kier molecular flexibility index (Phi) is 5.58. The molecule has 7 heteroatoms. The maximum absolute atomic E-state index is 12.3. The van der Waals surface area contributed by atoms with E-state index in [1.807, 2.05) is 11.0 Å². The molecule has 0 unspecified atom stereocenters. The summed E-state index contributed by atoms with van der Waals surface area (Å²) in [5.41, 5.74) is 0.690. The number of rotatable bonds is 6. The Bertz CT molecular complexity index is 695. The summed E-state index contributed by atoms with van der Waals surface area (Å²) in [6.45, 7) is 4.90. The highest BCUT2D eigenvalue weighted by Crippen LogP contribution is 2.13. The topological polar surface area (TPSA) is 94.8 Å². The molecule has 0 atom stereocenters. The van der Waals surface area contributed by atoms with E-state index in [1.54, 1.807) is 30.6 Å². The molecule has 0 radical (unpaired) electrons. The van der Waals surface area contributed by atoms with E-state index in [0.29, 0.717) is 24.0 Å². The van der Waals surface area contributed by atoms with Gasteiger partial charge in [-0.05, 0) is 24.1 Å². The van der Waals surface area contributed by atoms with Crippen LogP contribution in [0.15, 0.2) is 36.8 Å². The molecule has 2 heterocycles. The molecule has 0 aromatic carbocycles. The molecule has 0 fully saturated rings. The molecule has 2 aromatic heterocycles. The maximum Gasteiger partial charge on any atom is 0.243 e. The SMILES string of the molecule is CC(C)CN(CC(=O)Nc1ccncc1)c1ccnc(C#N)n1. The summed E-state index contributed by atoms with van der Waals surface area (Å²) in [6, 6.07) is 7.06. The second kappa shape index (κ2) is 7.84. The quantitative estimate of drug-likeness (QED) is 0.875. The molecule has 0 aliphatic heterocycles. The molecule has 2 aromatic rings. The third-order valence-electron chi connectivity index (χ3n) is 2.95. The van der Waals surface area contributed by atoms with Gasteiger partial charge in [-0.3, -0.25) is 9.78 Å². The monoisotopic (exact) mass is 310 g/mol. The van der Waals surface area contributed by atoms with E-state index in [0.717, 1.165) is 0 Å². The van der Waals surface area contributed by atoms with Crippen molar-refractivity contribution in [3.63, 3.8) is 0 Å². The summed E-state index contributed by atoms with van der Waals surface area (Å²) in [6.07, 6.45) is 4.76. The summed E-state index contributed by atoms with van der Waals surface area (Å²) in [5, 5.41) is 11.7. The van der Waals surface area contributed by atoms with Gasteiger partial charge in [0.1, 0.15) is 11.9 Å². The minimum absolute atomic E-state index is 0.0887. The molecule has 118 valence electrons. The van der Waals surface area contributed by atoms with Crippen LogP contribution in [0.4, 0.5) is 11.5 Å². The molecule has 0 bridgehead atoms. The third kappa shape index (κ3) is 5.04. The average molecular weight is 310 g/mol. The molecule has 0 spiro atoms. The Morgan fingerprint density at radius 3 is 2.70 bits per heavy atom. The fourth-order valence-corrected chi connectivity index (χ4v) is 2.07. The predicted octanol–water partition coefficient (Wildman–Crippen LogP) is 1.84. The van der Waals surface area contributed by atoms with Crippen LogP contribution >= 0.6 is 0 Å². The number of nitrogens with zero attached hydrogens (tertiary/aromatic N) is 5. The number of hydrogen-bond donors (Lipinski definition) is 1. The van der Waals surface area contributed by atoms with Crippen LogP contribution in [0.3, 0.4) is 0 Å². The van der Waals surface area contributed by atoms with Crippen LogP contribution in [0.2, 0.25) is 0 Å². The van der Waals surface area contributed by atoms with Gasteiger partial charge in [0.05, 0.1) is 6.54 Å². The molecule has 2 rings (SSSR count). The predicted molar refractivity (Wildman–Crippen MR) is 86.7 cm³/mol. The number of hydrogen-bond acceptors (Lipinski definition) is 6. The second-order valence-electron chi connectivity index (χ2n) is 5.41. The summed E-state index contributed by atoms with van der Waals surface area (Å²) in [5.74, 6) is 0.833. The van der Waals surface area contributed by atoms with E-state index in [4.69, 9.17) is 5.26 Å². The Morgan fingerprint density at radius 1 is 1.30 bits per heavy atom. The Labute approximate surface area is 135 Å². The summed E-state index contributed by atoms with van der Waals surface area (Å²) < 4.78 is 0. The van der Waals surface area contributed by atoms with Crippen LogP contribution in [0.25, 0.3) is 0 Å². The highest BCUT2D eigenvalue weighted by atomic mass is 16.2. The second-order valence-corrected chi connectivity index (χ2v) is 5.41. The van der Waals surface area contributed by atoms with Gasteiger partial charge < -0.3 is 10.2 Å². The lowest BCUT2D eigenvalue weighted by Crippen LogP contribution is -2.36. The fraction of sp³-hybridized carbons (Fsp3) is 0.312. The van der Waals surface area contributed by atoms with E-state index in [9.17, 15) is 4.79 Å². The Hall–Kier alpha value is -3.01. The number of amides is 1. The molecule has 0 aliphatic carbocycles. The number of anilines is 2. The Balaban J connectivity index is 2.12. The Morgan fingerprint density at radius 2 is 2.04 bits per heavy atom. The highest BCUT2D eigenvalue weighted by molar-refractivity contribution is 5.93. The normalized spacial score (nSPS) is 10.2. The van der Waals surface area contributed by atoms with Gasteiger partial charge in [0.2, 0.25) is 11.7 Å². The zero-order chi connectivity index (χ0) is 16.7. The van der Waals surface area contributed by atoms with Crippen molar-refractivity contribution in [3.8, 4) is 6.07 Å². The molecular weight excluding hydrogens is 292 g/mol. The summed E-state index contributed by atoms with van der Waals surface area (Å²) in [7, 11) is 0. The maximum atomic E-state index is 12.3. The van der Waals surface area contributed by atoms with Crippen LogP contribution < -0.4 is 10.2 Å². The average Bonchev–Trinajstić information content (AvgIpc) is 2.54. The third-order valence-corrected chi connectivity index (χ3v) is 2.95. The van der Waals surface area contributed by atoms with Crippen molar-refractivity contribution in [1.82, 2.24) is 15.0 Å². The van der Waals surface area contributed by atoms with Gasteiger partial charge in [-0.15, -0.1) is 0 Å². The van der Waals surface area contributed by atoms with E-state index in [-0.39, 0.29) is 18.3 Å². The first-order valence-corrected chi connectivity index (χ1v) is 7.26. The highest BCUT2D eigenvalue weighted by Gasteiger charge is 2.15. The van der Waals surface area contributed by atoms with Gasteiger partial charge in [0.25, 0.3) is 0 Å². The molecule has 1 amide bonds. The molecule has 7 nitrogen and oxygen atoms in total.